The average Bonchev–Trinajstić information content (AvgIpc) is 3.15. The Kier molecular flexibility index (Phi) is 4.60. The van der Waals surface area contributed by atoms with Gasteiger partial charge in [0.1, 0.15) is 11.2 Å². The number of carbonyl (C=O) groups is 1. The van der Waals surface area contributed by atoms with Crippen LogP contribution in [0, 0.1) is 12.7 Å². The van der Waals surface area contributed by atoms with Gasteiger partial charge in [-0.15, -0.1) is 0 Å². The Bertz CT molecular complexity index is 1200. The lowest BCUT2D eigenvalue weighted by Crippen LogP contribution is -2.32. The van der Waals surface area contributed by atoms with E-state index in [1.165, 1.54) is 18.2 Å². The molecule has 0 unspecified atom stereocenters. The van der Waals surface area contributed by atoms with Gasteiger partial charge in [0.25, 0.3) is 0 Å². The van der Waals surface area contributed by atoms with E-state index in [-0.39, 0.29) is 23.0 Å². The largest absolute Gasteiger partial charge is 0.480 e. The minimum atomic E-state index is -4.59. The van der Waals surface area contributed by atoms with Crippen LogP contribution >= 0.6 is 0 Å². The fourth-order valence-corrected chi connectivity index (χ4v) is 3.94. The molecule has 30 heavy (non-hydrogen) atoms. The number of carboxylic acids is 1. The van der Waals surface area contributed by atoms with Crippen molar-refractivity contribution in [3.8, 4) is 0 Å². The van der Waals surface area contributed by atoms with Crippen molar-refractivity contribution < 1.29 is 27.5 Å². The fourth-order valence-electron chi connectivity index (χ4n) is 3.94. The third-order valence-electron chi connectivity index (χ3n) is 5.54. The Morgan fingerprint density at radius 3 is 2.63 bits per heavy atom. The number of allylic oxidation sites excluding steroid dienone is 1. The number of benzene rings is 2. The van der Waals surface area contributed by atoms with Crippen LogP contribution in [-0.2, 0) is 16.4 Å². The maximum atomic E-state index is 14.1. The monoisotopic (exact) mass is 416 g/mol. The number of alkyl halides is 3. The maximum Gasteiger partial charge on any atom is 0.434 e. The van der Waals surface area contributed by atoms with Gasteiger partial charge in [0.05, 0.1) is 17.2 Å². The van der Waals surface area contributed by atoms with Gasteiger partial charge in [0, 0.05) is 0 Å². The molecule has 4 nitrogen and oxygen atoms in total. The van der Waals surface area contributed by atoms with Crippen LogP contribution < -0.4 is 0 Å². The van der Waals surface area contributed by atoms with Crippen LogP contribution in [0.4, 0.5) is 17.6 Å². The molecule has 1 heterocycles. The third kappa shape index (κ3) is 3.22. The van der Waals surface area contributed by atoms with Gasteiger partial charge in [0.2, 0.25) is 0 Å². The number of nitrogens with zero attached hydrogens (tertiary/aromatic N) is 2. The van der Waals surface area contributed by atoms with Crippen LogP contribution in [0.3, 0.4) is 0 Å². The number of fused-ring (bicyclic) bond motifs is 1. The summed E-state index contributed by atoms with van der Waals surface area (Å²) in [6.45, 7) is 1.55. The average molecular weight is 416 g/mol. The molecule has 154 valence electrons. The molecule has 3 aromatic rings. The lowest BCUT2D eigenvalue weighted by Gasteiger charge is -2.24. The molecule has 0 amide bonds. The molecule has 4 rings (SSSR count). The second kappa shape index (κ2) is 6.90. The Labute approximate surface area is 168 Å². The molecule has 0 saturated heterocycles. The summed E-state index contributed by atoms with van der Waals surface area (Å²) in [5, 5.41) is 9.98. The van der Waals surface area contributed by atoms with Gasteiger partial charge in [-0.1, -0.05) is 24.3 Å². The molecular weight excluding hydrogens is 400 g/mol. The summed E-state index contributed by atoms with van der Waals surface area (Å²) in [6.07, 6.45) is -1.64. The molecule has 0 fully saturated rings. The highest BCUT2D eigenvalue weighted by molar-refractivity contribution is 5.91. The molecule has 1 aliphatic rings. The van der Waals surface area contributed by atoms with Crippen molar-refractivity contribution in [3.63, 3.8) is 0 Å². The zero-order valence-corrected chi connectivity index (χ0v) is 15.8. The van der Waals surface area contributed by atoms with Crippen LogP contribution in [0.5, 0.6) is 0 Å². The van der Waals surface area contributed by atoms with Gasteiger partial charge >= 0.3 is 12.1 Å². The lowest BCUT2D eigenvalue weighted by molar-refractivity contribution is -0.142. The summed E-state index contributed by atoms with van der Waals surface area (Å²) in [5.41, 5.74) is -0.0502. The highest BCUT2D eigenvalue weighted by atomic mass is 19.4. The summed E-state index contributed by atoms with van der Waals surface area (Å²) in [5.74, 6) is -1.56. The first-order chi connectivity index (χ1) is 14.1. The smallest absolute Gasteiger partial charge is 0.434 e. The molecule has 1 atom stereocenters. The summed E-state index contributed by atoms with van der Waals surface area (Å²) < 4.78 is 52.6. The molecule has 2 aromatic carbocycles. The normalized spacial score (nSPS) is 19.2. The van der Waals surface area contributed by atoms with E-state index in [0.29, 0.717) is 29.3 Å². The first kappa shape index (κ1) is 20.0. The molecule has 0 bridgehead atoms. The van der Waals surface area contributed by atoms with Crippen LogP contribution in [0.25, 0.3) is 16.6 Å². The van der Waals surface area contributed by atoms with E-state index < -0.39 is 29.1 Å². The zero-order valence-electron chi connectivity index (χ0n) is 15.8. The zero-order chi connectivity index (χ0) is 21.7. The van der Waals surface area contributed by atoms with E-state index >= 15 is 0 Å². The standard InChI is InChI=1S/C22H16F4N2O2/c1-12-15(3-2-4-16(12)23)21(20(29)30)8-7-14(10-21)13-5-6-17-18(9-13)27-11-19(28-17)22(24,25)26/h2-6,9-11H,7-8H2,1H3,(H,29,30)/t21-/m0/s1. The summed E-state index contributed by atoms with van der Waals surface area (Å²) in [7, 11) is 0. The molecule has 0 spiro atoms. The van der Waals surface area contributed by atoms with Crippen molar-refractivity contribution in [3.05, 3.63) is 76.9 Å². The van der Waals surface area contributed by atoms with E-state index in [0.717, 1.165) is 0 Å². The van der Waals surface area contributed by atoms with E-state index in [1.54, 1.807) is 31.2 Å². The molecule has 8 heteroatoms. The van der Waals surface area contributed by atoms with Crippen molar-refractivity contribution in [2.75, 3.05) is 0 Å². The van der Waals surface area contributed by atoms with E-state index in [2.05, 4.69) is 9.97 Å². The van der Waals surface area contributed by atoms with E-state index in [9.17, 15) is 27.5 Å². The number of aliphatic carboxylic acids is 1. The highest BCUT2D eigenvalue weighted by Crippen LogP contribution is 2.44. The first-order valence-electron chi connectivity index (χ1n) is 9.17. The SMILES string of the molecule is Cc1c(F)cccc1[C@@]1(C(=O)O)C=C(c2ccc3nc(C(F)(F)F)cnc3c2)CC1. The van der Waals surface area contributed by atoms with Crippen LogP contribution in [-0.4, -0.2) is 21.0 Å². The van der Waals surface area contributed by atoms with Gasteiger partial charge in [0.15, 0.2) is 5.69 Å². The summed E-state index contributed by atoms with van der Waals surface area (Å²) >= 11 is 0. The van der Waals surface area contributed by atoms with E-state index in [4.69, 9.17) is 0 Å². The molecular formula is C22H16F4N2O2. The predicted molar refractivity (Wildman–Crippen MR) is 102 cm³/mol. The quantitative estimate of drug-likeness (QED) is 0.589. The molecule has 0 saturated carbocycles. The minimum Gasteiger partial charge on any atom is -0.480 e. The minimum absolute atomic E-state index is 0.0950. The number of hydrogen-bond donors (Lipinski definition) is 1. The Morgan fingerprint density at radius 1 is 1.17 bits per heavy atom. The number of hydrogen-bond acceptors (Lipinski definition) is 3. The first-order valence-corrected chi connectivity index (χ1v) is 9.17. The van der Waals surface area contributed by atoms with Crippen LogP contribution in [0.15, 0.2) is 48.7 Å². The Balaban J connectivity index is 1.79. The number of halogens is 4. The van der Waals surface area contributed by atoms with Crippen LogP contribution in [0.1, 0.15) is 35.2 Å². The van der Waals surface area contributed by atoms with Crippen molar-refractivity contribution >= 4 is 22.6 Å². The van der Waals surface area contributed by atoms with Gasteiger partial charge in [-0.3, -0.25) is 9.78 Å². The fraction of sp³-hybridized carbons (Fsp3) is 0.227. The van der Waals surface area contributed by atoms with Gasteiger partial charge in [-0.25, -0.2) is 9.37 Å². The number of rotatable bonds is 3. The third-order valence-corrected chi connectivity index (χ3v) is 5.54. The molecule has 1 aromatic heterocycles. The maximum absolute atomic E-state index is 14.1. The number of carboxylic acid groups (broad SMARTS) is 1. The second-order valence-corrected chi connectivity index (χ2v) is 7.31. The van der Waals surface area contributed by atoms with E-state index in [1.807, 2.05) is 0 Å². The number of aromatic nitrogens is 2. The topological polar surface area (TPSA) is 63.1 Å². The molecule has 0 aliphatic heterocycles. The van der Waals surface area contributed by atoms with Crippen molar-refractivity contribution in [2.24, 2.45) is 0 Å². The Morgan fingerprint density at radius 2 is 1.93 bits per heavy atom. The van der Waals surface area contributed by atoms with Crippen molar-refractivity contribution in [1.82, 2.24) is 9.97 Å². The van der Waals surface area contributed by atoms with Gasteiger partial charge < -0.3 is 5.11 Å². The Hall–Kier alpha value is -3.29. The van der Waals surface area contributed by atoms with Gasteiger partial charge in [-0.05, 0) is 60.2 Å². The molecule has 1 N–H and O–H groups in total. The van der Waals surface area contributed by atoms with Crippen LogP contribution in [0.2, 0.25) is 0 Å². The molecule has 0 radical (unpaired) electrons. The van der Waals surface area contributed by atoms with Gasteiger partial charge in [-0.2, -0.15) is 13.2 Å². The lowest BCUT2D eigenvalue weighted by atomic mass is 9.78. The second-order valence-electron chi connectivity index (χ2n) is 7.31. The van der Waals surface area contributed by atoms with Crippen molar-refractivity contribution in [1.29, 1.82) is 0 Å². The summed E-state index contributed by atoms with van der Waals surface area (Å²) in [4.78, 5) is 19.7. The predicted octanol–water partition coefficient (Wildman–Crippen LogP) is 5.30. The molecule has 1 aliphatic carbocycles. The van der Waals surface area contributed by atoms with Crippen molar-refractivity contribution in [2.45, 2.75) is 31.4 Å². The summed E-state index contributed by atoms with van der Waals surface area (Å²) in [6, 6.07) is 8.99. The highest BCUT2D eigenvalue weighted by Gasteiger charge is 2.43.